The highest BCUT2D eigenvalue weighted by atomic mass is 35.5. The van der Waals surface area contributed by atoms with Gasteiger partial charge in [-0.25, -0.2) is 4.98 Å². The summed E-state index contributed by atoms with van der Waals surface area (Å²) in [6.07, 6.45) is 8.66. The number of carbonyl (C=O) groups excluding carboxylic acids is 3. The second kappa shape index (κ2) is 19.2. The number of piperazine rings is 1. The molecule has 3 N–H and O–H groups in total. The molecule has 3 aromatic carbocycles. The lowest BCUT2D eigenvalue weighted by Crippen LogP contribution is -2.53. The van der Waals surface area contributed by atoms with Crippen molar-refractivity contribution in [3.8, 4) is 5.75 Å². The molecule has 3 fully saturated rings. The maximum atomic E-state index is 13.2. The summed E-state index contributed by atoms with van der Waals surface area (Å²) in [4.78, 5) is 55.8. The number of aromatic nitrogens is 2. The zero-order valence-corrected chi connectivity index (χ0v) is 37.5. The Hall–Kier alpha value is -5.01. The molecule has 1 unspecified atom stereocenters. The normalized spacial score (nSPS) is 19.1. The number of nitrogens with zero attached hydrogens (tertiary/aromatic N) is 6. The maximum Gasteiger partial charge on any atom is 0.255 e. The maximum absolute atomic E-state index is 13.2. The number of rotatable bonds is 15. The number of halogens is 1. The smallest absolute Gasteiger partial charge is 0.255 e. The van der Waals surface area contributed by atoms with Crippen molar-refractivity contribution in [2.75, 3.05) is 81.8 Å². The van der Waals surface area contributed by atoms with E-state index in [4.69, 9.17) is 16.3 Å². The van der Waals surface area contributed by atoms with E-state index in [1.807, 2.05) is 42.5 Å². The van der Waals surface area contributed by atoms with Crippen molar-refractivity contribution in [2.45, 2.75) is 70.0 Å². The van der Waals surface area contributed by atoms with E-state index in [-0.39, 0.29) is 24.1 Å². The molecule has 1 atom stereocenters. The van der Waals surface area contributed by atoms with Crippen LogP contribution in [-0.2, 0) is 27.1 Å². The minimum atomic E-state index is -2.54. The molecule has 4 aliphatic rings. The van der Waals surface area contributed by atoms with Crippen LogP contribution in [0.1, 0.15) is 66.4 Å². The number of unbranched alkanes of at least 4 members (excludes halogenated alkanes) is 2. The average molecular weight is 882 g/mol. The van der Waals surface area contributed by atoms with Crippen LogP contribution < -0.4 is 30.9 Å². The van der Waals surface area contributed by atoms with Gasteiger partial charge in [0.05, 0.1) is 24.7 Å². The number of benzene rings is 3. The van der Waals surface area contributed by atoms with Crippen LogP contribution in [0.5, 0.6) is 5.75 Å². The Labute approximate surface area is 369 Å². The van der Waals surface area contributed by atoms with Crippen LogP contribution in [0.2, 0.25) is 5.02 Å². The lowest BCUT2D eigenvalue weighted by atomic mass is 9.98. The summed E-state index contributed by atoms with van der Waals surface area (Å²) in [6.45, 7) is 11.4. The van der Waals surface area contributed by atoms with Crippen molar-refractivity contribution in [1.82, 2.24) is 30.0 Å². The highest BCUT2D eigenvalue weighted by molar-refractivity contribution is 7.70. The molecule has 4 aliphatic heterocycles. The van der Waals surface area contributed by atoms with E-state index >= 15 is 0 Å². The molecule has 328 valence electrons. The van der Waals surface area contributed by atoms with Gasteiger partial charge in [-0.15, -0.1) is 0 Å². The molecule has 14 nitrogen and oxygen atoms in total. The summed E-state index contributed by atoms with van der Waals surface area (Å²) in [6, 6.07) is 19.6. The number of ether oxygens (including phenoxy) is 1. The summed E-state index contributed by atoms with van der Waals surface area (Å²) in [5.41, 5.74) is 5.47. The summed E-state index contributed by atoms with van der Waals surface area (Å²) in [5, 5.41) is 10.0. The summed E-state index contributed by atoms with van der Waals surface area (Å²) >= 11 is 6.49. The Kier molecular flexibility index (Phi) is 13.5. The van der Waals surface area contributed by atoms with Gasteiger partial charge in [-0.2, -0.15) is 4.98 Å². The molecule has 1 aromatic heterocycles. The molecule has 0 radical (unpaired) electrons. The van der Waals surface area contributed by atoms with Crippen molar-refractivity contribution in [3.63, 3.8) is 0 Å². The van der Waals surface area contributed by atoms with E-state index in [9.17, 15) is 18.9 Å². The van der Waals surface area contributed by atoms with Gasteiger partial charge < -0.3 is 34.6 Å². The number of imide groups is 1. The molecular weight excluding hydrogens is 825 g/mol. The molecule has 4 aromatic rings. The third-order valence-electron chi connectivity index (χ3n) is 12.8. The lowest BCUT2D eigenvalue weighted by molar-refractivity contribution is -0.136. The number of para-hydroxylation sites is 1. The number of carbonyl (C=O) groups is 3. The van der Waals surface area contributed by atoms with Gasteiger partial charge in [0.15, 0.2) is 5.82 Å². The van der Waals surface area contributed by atoms with Gasteiger partial charge >= 0.3 is 0 Å². The second-order valence-electron chi connectivity index (χ2n) is 17.1. The highest BCUT2D eigenvalue weighted by Gasteiger charge is 2.39. The number of methoxy groups -OCH3 is 1. The van der Waals surface area contributed by atoms with Crippen LogP contribution in [0, 0.1) is 0 Å². The number of anilines is 5. The topological polar surface area (TPSA) is 152 Å². The van der Waals surface area contributed by atoms with Crippen LogP contribution in [0.3, 0.4) is 0 Å². The third kappa shape index (κ3) is 9.94. The van der Waals surface area contributed by atoms with Gasteiger partial charge in [0, 0.05) is 80.9 Å². The van der Waals surface area contributed by atoms with Crippen molar-refractivity contribution in [3.05, 3.63) is 88.6 Å². The zero-order valence-electron chi connectivity index (χ0n) is 35.9. The fourth-order valence-electron chi connectivity index (χ4n) is 9.34. The first kappa shape index (κ1) is 43.6. The van der Waals surface area contributed by atoms with E-state index in [2.05, 4.69) is 58.8 Å². The van der Waals surface area contributed by atoms with Crippen molar-refractivity contribution >= 4 is 70.6 Å². The molecule has 16 heteroatoms. The molecule has 0 spiro atoms. The SMILES string of the molecule is COc1cc(N2CCC(N3CCN(CCCCCc4cccc5c4CN(C4CCC(=O)NC4=O)C5=O)CC3)CC2)ccc1Nc1ncc(Cl)c(Nc2ccccc2P(C)(C)=O)n1. The van der Waals surface area contributed by atoms with Gasteiger partial charge in [0.1, 0.15) is 24.0 Å². The monoisotopic (exact) mass is 881 g/mol. The molecule has 62 heavy (non-hydrogen) atoms. The van der Waals surface area contributed by atoms with E-state index in [1.165, 1.54) is 11.8 Å². The van der Waals surface area contributed by atoms with Crippen molar-refractivity contribution in [2.24, 2.45) is 0 Å². The average Bonchev–Trinajstić information content (AvgIpc) is 3.61. The molecule has 0 saturated carbocycles. The van der Waals surface area contributed by atoms with Crippen LogP contribution in [0.25, 0.3) is 0 Å². The van der Waals surface area contributed by atoms with Gasteiger partial charge in [0.2, 0.25) is 17.8 Å². The zero-order chi connectivity index (χ0) is 43.4. The molecule has 3 amide bonds. The van der Waals surface area contributed by atoms with Crippen molar-refractivity contribution < 1.29 is 23.7 Å². The number of nitrogens with one attached hydrogen (secondary N) is 3. The van der Waals surface area contributed by atoms with Crippen LogP contribution >= 0.6 is 18.7 Å². The van der Waals surface area contributed by atoms with Crippen LogP contribution in [0.15, 0.2) is 66.9 Å². The number of hydrogen-bond acceptors (Lipinski definition) is 12. The number of hydrogen-bond donors (Lipinski definition) is 3. The Bertz CT molecular complexity index is 2340. The number of aryl methyl sites for hydroxylation is 1. The molecule has 3 saturated heterocycles. The molecule has 8 rings (SSSR count). The van der Waals surface area contributed by atoms with Crippen LogP contribution in [-0.4, -0.2) is 121 Å². The van der Waals surface area contributed by atoms with Gasteiger partial charge in [-0.1, -0.05) is 42.3 Å². The first-order valence-electron chi connectivity index (χ1n) is 21.8. The summed E-state index contributed by atoms with van der Waals surface area (Å²) in [7, 11) is -0.879. The number of fused-ring (bicyclic) bond motifs is 1. The van der Waals surface area contributed by atoms with Crippen molar-refractivity contribution in [1.29, 1.82) is 0 Å². The minimum Gasteiger partial charge on any atom is -0.494 e. The quantitative estimate of drug-likeness (QED) is 0.0668. The first-order chi connectivity index (χ1) is 29.9. The summed E-state index contributed by atoms with van der Waals surface area (Å²) < 4.78 is 18.7. The number of amides is 3. The predicted molar refractivity (Wildman–Crippen MR) is 245 cm³/mol. The fourth-order valence-corrected chi connectivity index (χ4v) is 10.6. The Morgan fingerprint density at radius 1 is 0.887 bits per heavy atom. The summed E-state index contributed by atoms with van der Waals surface area (Å²) in [5.74, 6) is 0.709. The van der Waals surface area contributed by atoms with E-state index in [0.29, 0.717) is 52.8 Å². The second-order valence-corrected chi connectivity index (χ2v) is 20.7. The minimum absolute atomic E-state index is 0.108. The first-order valence-corrected chi connectivity index (χ1v) is 24.8. The van der Waals surface area contributed by atoms with E-state index in [1.54, 1.807) is 25.3 Å². The van der Waals surface area contributed by atoms with Gasteiger partial charge in [-0.05, 0) is 99.9 Å². The standard InChI is InChI=1S/C46H57ClN9O5P/c1-61-40-28-33(15-16-37(40)50-46-48-29-36(47)43(52-46)49-38-13-6-7-14-41(38)62(2,3)60)54-22-19-32(20-23-54)55-26-24-53(25-27-55)21-8-4-5-10-31-11-9-12-34-35(31)30-56(45(34)59)39-17-18-42(57)51-44(39)58/h6-7,9,11-16,28-29,32,39H,4-5,8,10,17-27,30H2,1-3H3,(H,51,57,58)(H2,48,49,50,52). The predicted octanol–water partition coefficient (Wildman–Crippen LogP) is 6.63. The largest absolute Gasteiger partial charge is 0.494 e. The Balaban J connectivity index is 0.763. The Morgan fingerprint density at radius 2 is 1.68 bits per heavy atom. The Morgan fingerprint density at radius 3 is 2.44 bits per heavy atom. The van der Waals surface area contributed by atoms with E-state index < -0.39 is 13.2 Å². The molecule has 5 heterocycles. The molecule has 0 aliphatic carbocycles. The molecule has 0 bridgehead atoms. The number of piperidine rings is 2. The van der Waals surface area contributed by atoms with Gasteiger partial charge in [0.25, 0.3) is 5.91 Å². The lowest BCUT2D eigenvalue weighted by Gasteiger charge is -2.43. The fraction of sp³-hybridized carbons (Fsp3) is 0.457. The van der Waals surface area contributed by atoms with Gasteiger partial charge in [-0.3, -0.25) is 24.6 Å². The molecular formula is C46H57ClN9O5P. The highest BCUT2D eigenvalue weighted by Crippen LogP contribution is 2.39. The van der Waals surface area contributed by atoms with E-state index in [0.717, 1.165) is 107 Å². The van der Waals surface area contributed by atoms with Crippen LogP contribution in [0.4, 0.5) is 28.8 Å². The third-order valence-corrected chi connectivity index (χ3v) is 14.6.